The second-order valence-electron chi connectivity index (χ2n) is 9.55. The molecule has 0 saturated carbocycles. The van der Waals surface area contributed by atoms with Gasteiger partial charge in [-0.3, -0.25) is 14.7 Å². The Morgan fingerprint density at radius 3 is 2.56 bits per heavy atom. The van der Waals surface area contributed by atoms with Gasteiger partial charge in [-0.05, 0) is 48.9 Å². The number of likely N-dealkylation sites (N-methyl/N-ethyl adjacent to an activating group) is 1. The Balaban J connectivity index is 1.39. The van der Waals surface area contributed by atoms with Gasteiger partial charge in [-0.1, -0.05) is 12.0 Å². The van der Waals surface area contributed by atoms with Gasteiger partial charge in [-0.15, -0.1) is 0 Å². The zero-order chi connectivity index (χ0) is 29.1. The highest BCUT2D eigenvalue weighted by Gasteiger charge is 2.34. The first kappa shape index (κ1) is 28.1. The van der Waals surface area contributed by atoms with Crippen LogP contribution in [0, 0.1) is 11.8 Å². The first-order chi connectivity index (χ1) is 19.6. The van der Waals surface area contributed by atoms with Gasteiger partial charge in [-0.2, -0.15) is 18.3 Å². The highest BCUT2D eigenvalue weighted by atomic mass is 19.4. The van der Waals surface area contributed by atoms with Crippen molar-refractivity contribution in [3.8, 4) is 11.8 Å². The SMILES string of the molecule is CN1CCN(Cc2ccc(NC(=O)c3cnc(C(F)F)c(C#Cc4cnc5cccnn45)c3)cc2C(F)(F)F)CC1. The number of alkyl halides is 5. The van der Waals surface area contributed by atoms with E-state index >= 15 is 0 Å². The third-order valence-corrected chi connectivity index (χ3v) is 6.65. The van der Waals surface area contributed by atoms with E-state index in [0.29, 0.717) is 24.4 Å². The Bertz CT molecular complexity index is 1630. The van der Waals surface area contributed by atoms with Crippen LogP contribution in [-0.4, -0.2) is 68.5 Å². The number of hydrogen-bond acceptors (Lipinski definition) is 6. The minimum Gasteiger partial charge on any atom is -0.322 e. The summed E-state index contributed by atoms with van der Waals surface area (Å²) < 4.78 is 70.5. The van der Waals surface area contributed by atoms with Crippen molar-refractivity contribution in [3.05, 3.63) is 88.6 Å². The molecule has 0 unspecified atom stereocenters. The van der Waals surface area contributed by atoms with E-state index < -0.39 is 29.8 Å². The number of aromatic nitrogens is 4. The van der Waals surface area contributed by atoms with Crippen LogP contribution in [0.3, 0.4) is 0 Å². The lowest BCUT2D eigenvalue weighted by molar-refractivity contribution is -0.138. The second-order valence-corrected chi connectivity index (χ2v) is 9.55. The predicted molar refractivity (Wildman–Crippen MR) is 140 cm³/mol. The molecule has 1 aliphatic rings. The van der Waals surface area contributed by atoms with Gasteiger partial charge in [0.2, 0.25) is 0 Å². The fourth-order valence-corrected chi connectivity index (χ4v) is 4.43. The Hall–Kier alpha value is -4.41. The number of carbonyl (C=O) groups is 1. The van der Waals surface area contributed by atoms with Crippen molar-refractivity contribution in [1.29, 1.82) is 0 Å². The lowest BCUT2D eigenvalue weighted by atomic mass is 10.0. The smallest absolute Gasteiger partial charge is 0.322 e. The number of nitrogens with one attached hydrogen (secondary N) is 1. The molecule has 41 heavy (non-hydrogen) atoms. The summed E-state index contributed by atoms with van der Waals surface area (Å²) in [7, 11) is 1.96. The van der Waals surface area contributed by atoms with Gasteiger partial charge in [0, 0.05) is 50.8 Å². The largest absolute Gasteiger partial charge is 0.416 e. The number of pyridine rings is 1. The van der Waals surface area contributed by atoms with E-state index in [4.69, 9.17) is 0 Å². The van der Waals surface area contributed by atoms with Gasteiger partial charge in [0.25, 0.3) is 12.3 Å². The molecule has 1 fully saturated rings. The van der Waals surface area contributed by atoms with Crippen LogP contribution in [0.15, 0.2) is 55.0 Å². The summed E-state index contributed by atoms with van der Waals surface area (Å²) in [5, 5.41) is 6.53. The van der Waals surface area contributed by atoms with Crippen molar-refractivity contribution in [2.24, 2.45) is 0 Å². The maximum atomic E-state index is 13.9. The molecular formula is C28H24F5N7O. The maximum absolute atomic E-state index is 13.9. The molecule has 212 valence electrons. The number of benzene rings is 1. The van der Waals surface area contributed by atoms with Crippen LogP contribution >= 0.6 is 0 Å². The lowest BCUT2D eigenvalue weighted by Gasteiger charge is -2.33. The first-order valence-corrected chi connectivity index (χ1v) is 12.6. The van der Waals surface area contributed by atoms with Gasteiger partial charge in [0.05, 0.1) is 22.9 Å². The molecule has 0 bridgehead atoms. The van der Waals surface area contributed by atoms with Crippen LogP contribution in [0.5, 0.6) is 0 Å². The number of piperazine rings is 1. The summed E-state index contributed by atoms with van der Waals surface area (Å²) in [6, 6.07) is 8.11. The summed E-state index contributed by atoms with van der Waals surface area (Å²) in [6.07, 6.45) is -3.74. The third-order valence-electron chi connectivity index (χ3n) is 6.65. The van der Waals surface area contributed by atoms with Crippen molar-refractivity contribution >= 4 is 17.2 Å². The van der Waals surface area contributed by atoms with E-state index in [1.54, 1.807) is 12.1 Å². The molecule has 5 rings (SSSR count). The first-order valence-electron chi connectivity index (χ1n) is 12.6. The Kier molecular flexibility index (Phi) is 7.96. The minimum atomic E-state index is -4.64. The number of rotatable bonds is 5. The molecule has 0 aliphatic carbocycles. The van der Waals surface area contributed by atoms with E-state index in [0.717, 1.165) is 31.4 Å². The zero-order valence-corrected chi connectivity index (χ0v) is 21.8. The summed E-state index contributed by atoms with van der Waals surface area (Å²) in [5.41, 5.74) is -1.01. The van der Waals surface area contributed by atoms with Gasteiger partial charge >= 0.3 is 6.18 Å². The number of carbonyl (C=O) groups excluding carboxylic acids is 1. The maximum Gasteiger partial charge on any atom is 0.416 e. The topological polar surface area (TPSA) is 78.7 Å². The fraction of sp³-hybridized carbons (Fsp3) is 0.286. The standard InChI is InChI=1S/C28H24F5N7O/c1-38-9-11-39(12-10-38)17-19-4-6-21(14-23(19)28(31,32)33)37-27(41)20-13-18(25(26(29)30)35-15-20)5-7-22-16-34-24-3-2-8-36-40(22)24/h2-4,6,8,13-16,26H,9-12,17H2,1H3,(H,37,41). The normalized spacial score (nSPS) is 14.7. The second kappa shape index (κ2) is 11.6. The quantitative estimate of drug-likeness (QED) is 0.282. The van der Waals surface area contributed by atoms with Crippen molar-refractivity contribution in [2.75, 3.05) is 38.5 Å². The average Bonchev–Trinajstić information content (AvgIpc) is 3.36. The molecule has 1 amide bonds. The van der Waals surface area contributed by atoms with Crippen molar-refractivity contribution in [2.45, 2.75) is 19.1 Å². The van der Waals surface area contributed by atoms with Crippen LogP contribution in [0.25, 0.3) is 5.65 Å². The fourth-order valence-electron chi connectivity index (χ4n) is 4.43. The Labute approximate surface area is 231 Å². The van der Waals surface area contributed by atoms with E-state index in [9.17, 15) is 26.7 Å². The molecule has 3 aromatic heterocycles. The Morgan fingerprint density at radius 2 is 1.83 bits per heavy atom. The molecule has 1 N–H and O–H groups in total. The average molecular weight is 570 g/mol. The van der Waals surface area contributed by atoms with Crippen LogP contribution in [-0.2, 0) is 12.7 Å². The molecule has 0 spiro atoms. The number of anilines is 1. The van der Waals surface area contributed by atoms with Gasteiger partial charge in [0.1, 0.15) is 11.4 Å². The van der Waals surface area contributed by atoms with Crippen molar-refractivity contribution in [1.82, 2.24) is 29.4 Å². The molecule has 0 atom stereocenters. The molecular weight excluding hydrogens is 545 g/mol. The Morgan fingerprint density at radius 1 is 1.05 bits per heavy atom. The number of hydrogen-bond donors (Lipinski definition) is 1. The van der Waals surface area contributed by atoms with E-state index in [2.05, 4.69) is 37.1 Å². The summed E-state index contributed by atoms with van der Waals surface area (Å²) >= 11 is 0. The third kappa shape index (κ3) is 6.50. The van der Waals surface area contributed by atoms with Crippen molar-refractivity contribution < 1.29 is 26.7 Å². The van der Waals surface area contributed by atoms with Gasteiger partial charge in [-0.25, -0.2) is 18.3 Å². The lowest BCUT2D eigenvalue weighted by Crippen LogP contribution is -2.44. The number of amides is 1. The summed E-state index contributed by atoms with van der Waals surface area (Å²) in [5.74, 6) is 4.49. The number of imidazole rings is 1. The van der Waals surface area contributed by atoms with Crippen LogP contribution < -0.4 is 5.32 Å². The molecule has 1 saturated heterocycles. The molecule has 8 nitrogen and oxygen atoms in total. The predicted octanol–water partition coefficient (Wildman–Crippen LogP) is 4.48. The van der Waals surface area contributed by atoms with Gasteiger partial charge in [0.15, 0.2) is 5.65 Å². The zero-order valence-electron chi connectivity index (χ0n) is 21.8. The highest BCUT2D eigenvalue weighted by Crippen LogP contribution is 2.35. The van der Waals surface area contributed by atoms with Crippen LogP contribution in [0.2, 0.25) is 0 Å². The molecule has 0 radical (unpaired) electrons. The van der Waals surface area contributed by atoms with Crippen LogP contribution in [0.1, 0.15) is 44.9 Å². The highest BCUT2D eigenvalue weighted by molar-refractivity contribution is 6.04. The monoisotopic (exact) mass is 569 g/mol. The number of nitrogens with zero attached hydrogens (tertiary/aromatic N) is 6. The number of halogens is 5. The van der Waals surface area contributed by atoms with E-state index in [-0.39, 0.29) is 28.9 Å². The summed E-state index contributed by atoms with van der Waals surface area (Å²) in [6.45, 7) is 2.94. The minimum absolute atomic E-state index is 0.0909. The van der Waals surface area contributed by atoms with Crippen LogP contribution in [0.4, 0.5) is 27.6 Å². The van der Waals surface area contributed by atoms with E-state index in [1.165, 1.54) is 29.0 Å². The number of fused-ring (bicyclic) bond motifs is 1. The van der Waals surface area contributed by atoms with E-state index in [1.807, 2.05) is 11.9 Å². The van der Waals surface area contributed by atoms with Gasteiger partial charge < -0.3 is 10.2 Å². The summed E-state index contributed by atoms with van der Waals surface area (Å²) in [4.78, 5) is 24.8. The van der Waals surface area contributed by atoms with Crippen molar-refractivity contribution in [3.63, 3.8) is 0 Å². The molecule has 4 heterocycles. The molecule has 13 heteroatoms. The molecule has 1 aromatic carbocycles. The molecule has 4 aromatic rings. The molecule has 1 aliphatic heterocycles.